The molecule has 1 N–H and O–H groups in total. The molecule has 0 spiro atoms. The smallest absolute Gasteiger partial charge is 0.496 e. The second-order valence-electron chi connectivity index (χ2n) is 12.9. The van der Waals surface area contributed by atoms with Crippen molar-refractivity contribution in [2.24, 2.45) is 5.11 Å². The van der Waals surface area contributed by atoms with Gasteiger partial charge in [0.25, 0.3) is 5.91 Å². The molecule has 5 atom stereocenters. The maximum Gasteiger partial charge on any atom is 0.501 e. The van der Waals surface area contributed by atoms with E-state index < -0.39 is 89.0 Å². The number of halogens is 1. The molecule has 2 aromatic carbocycles. The Morgan fingerprint density at radius 1 is 0.750 bits per heavy atom. The predicted octanol–water partition coefficient (Wildman–Crippen LogP) is 2.85. The number of ether oxygens (including phenoxy) is 11. The molecule has 0 bridgehead atoms. The van der Waals surface area contributed by atoms with E-state index in [0.29, 0.717) is 5.56 Å². The van der Waals surface area contributed by atoms with Crippen LogP contribution in [0.1, 0.15) is 43.6 Å². The van der Waals surface area contributed by atoms with Crippen molar-refractivity contribution >= 4 is 56.1 Å². The quantitative estimate of drug-likeness (QED) is 0.0256. The van der Waals surface area contributed by atoms with Gasteiger partial charge >= 0.3 is 34.3 Å². The van der Waals surface area contributed by atoms with Crippen LogP contribution in [-0.2, 0) is 72.8 Å². The van der Waals surface area contributed by atoms with E-state index in [1.165, 1.54) is 32.4 Å². The van der Waals surface area contributed by atoms with E-state index in [-0.39, 0.29) is 80.9 Å². The number of hydrogen-bond donors (Lipinski definition) is 1. The molecule has 1 heterocycles. The van der Waals surface area contributed by atoms with Crippen molar-refractivity contribution in [1.82, 2.24) is 5.32 Å². The van der Waals surface area contributed by atoms with Crippen molar-refractivity contribution in [2.45, 2.75) is 63.7 Å². The molecule has 64 heavy (non-hydrogen) atoms. The van der Waals surface area contributed by atoms with Crippen molar-refractivity contribution in [3.8, 4) is 28.7 Å². The van der Waals surface area contributed by atoms with E-state index in [9.17, 15) is 32.4 Å². The molecule has 1 aliphatic heterocycles. The fraction of sp³-hybridized carbons (Fsp3) is 0.553. The van der Waals surface area contributed by atoms with Gasteiger partial charge in [-0.05, 0) is 23.7 Å². The topological polar surface area (TPSA) is 300 Å². The second-order valence-corrected chi connectivity index (χ2v) is 14.6. The molecule has 0 aliphatic carbocycles. The number of nitrogens with one attached hydrogen (secondary N) is 1. The Morgan fingerprint density at radius 3 is 1.89 bits per heavy atom. The molecule has 24 nitrogen and oxygen atoms in total. The molecule has 2 aromatic rings. The van der Waals surface area contributed by atoms with Crippen LogP contribution in [-0.4, -0.2) is 142 Å². The molecule has 26 heteroatoms. The van der Waals surface area contributed by atoms with Crippen LogP contribution in [0.25, 0.3) is 10.4 Å². The summed E-state index contributed by atoms with van der Waals surface area (Å²) in [5, 5.41) is 6.25. The van der Waals surface area contributed by atoms with Gasteiger partial charge in [-0.25, -0.2) is 0 Å². The summed E-state index contributed by atoms with van der Waals surface area (Å²) in [5.41, 5.74) is 8.66. The summed E-state index contributed by atoms with van der Waals surface area (Å²) in [6, 6.07) is 5.87. The number of hydrogen-bond acceptors (Lipinski definition) is 21. The Hall–Kier alpha value is -5.63. The molecule has 354 valence electrons. The van der Waals surface area contributed by atoms with Gasteiger partial charge in [-0.15, -0.1) is 8.42 Å². The van der Waals surface area contributed by atoms with Gasteiger partial charge in [0.1, 0.15) is 24.2 Å². The highest BCUT2D eigenvalue weighted by atomic mass is 79.9. The van der Waals surface area contributed by atoms with E-state index >= 15 is 0 Å². The van der Waals surface area contributed by atoms with Crippen molar-refractivity contribution in [2.75, 3.05) is 73.6 Å². The summed E-state index contributed by atoms with van der Waals surface area (Å²) in [6.07, 6.45) is -8.13. The highest BCUT2D eigenvalue weighted by Gasteiger charge is 2.53. The lowest BCUT2D eigenvalue weighted by Crippen LogP contribution is -2.63. The van der Waals surface area contributed by atoms with Gasteiger partial charge in [0.05, 0.1) is 53.9 Å². The highest BCUT2D eigenvalue weighted by molar-refractivity contribution is 9.08. The maximum absolute atomic E-state index is 13.6. The van der Waals surface area contributed by atoms with Gasteiger partial charge in [-0.3, -0.25) is 24.0 Å². The lowest BCUT2D eigenvalue weighted by Gasteiger charge is -2.43. The average molecular weight is 994 g/mol. The number of amides is 1. The third-order valence-corrected chi connectivity index (χ3v) is 9.52. The summed E-state index contributed by atoms with van der Waals surface area (Å²) in [6.45, 7) is 5.12. The summed E-state index contributed by atoms with van der Waals surface area (Å²) >= 11 is 3.33. The van der Waals surface area contributed by atoms with Crippen LogP contribution >= 0.6 is 15.9 Å². The van der Waals surface area contributed by atoms with Gasteiger partial charge in [0.2, 0.25) is 12.4 Å². The molecular weight excluding hydrogens is 944 g/mol. The maximum atomic E-state index is 13.6. The minimum atomic E-state index is -5.12. The summed E-state index contributed by atoms with van der Waals surface area (Å²) in [4.78, 5) is 64.7. The molecule has 1 fully saturated rings. The zero-order chi connectivity index (χ0) is 47.2. The Bertz CT molecular complexity index is 2040. The number of carbonyl (C=O) groups excluding carboxylic acids is 5. The molecule has 1 unspecified atom stereocenters. The fourth-order valence-electron chi connectivity index (χ4n) is 5.64. The van der Waals surface area contributed by atoms with Crippen LogP contribution in [0.5, 0.6) is 28.7 Å². The highest BCUT2D eigenvalue weighted by Crippen LogP contribution is 2.38. The summed E-state index contributed by atoms with van der Waals surface area (Å²) < 4.78 is 98.1. The first kappa shape index (κ1) is 52.7. The van der Waals surface area contributed by atoms with Crippen molar-refractivity contribution < 1.29 is 92.9 Å². The van der Waals surface area contributed by atoms with E-state index in [1.807, 2.05) is 0 Å². The number of azide groups is 1. The van der Waals surface area contributed by atoms with E-state index in [0.717, 1.165) is 39.8 Å². The molecule has 3 rings (SSSR count). The third-order valence-electron chi connectivity index (χ3n) is 8.18. The monoisotopic (exact) mass is 992 g/mol. The molecule has 0 radical (unpaired) electrons. The first-order chi connectivity index (χ1) is 30.5. The number of esters is 4. The lowest BCUT2D eigenvalue weighted by atomic mass is 9.98. The Morgan fingerprint density at radius 2 is 1.33 bits per heavy atom. The molecule has 1 saturated heterocycles. The van der Waals surface area contributed by atoms with E-state index in [1.54, 1.807) is 0 Å². The van der Waals surface area contributed by atoms with Gasteiger partial charge in [-0.2, -0.15) is 0 Å². The SMILES string of the molecule is COc1cc(OS(=O)(=O)Oc2cc(C(=O)NCCOCCOCCOCCN=[N+]=[N-])ccc2OC2O[C@H](COC(C)=O)[C@H](OC(C)=O)[C@H](OC(C)=O)[C@H]2OC(C)=O)cc(OC)c1CBr. The Kier molecular flexibility index (Phi) is 22.1. The van der Waals surface area contributed by atoms with Crippen LogP contribution < -0.4 is 27.9 Å². The number of carbonyl (C=O) groups is 5. The first-order valence-electron chi connectivity index (χ1n) is 19.1. The van der Waals surface area contributed by atoms with Crippen LogP contribution in [0.3, 0.4) is 0 Å². The molecule has 0 saturated carbocycles. The number of rotatable bonds is 27. The van der Waals surface area contributed by atoms with Crippen LogP contribution in [0.15, 0.2) is 35.4 Å². The summed E-state index contributed by atoms with van der Waals surface area (Å²) in [7, 11) is -2.42. The van der Waals surface area contributed by atoms with E-state index in [2.05, 4.69) is 31.3 Å². The Balaban J connectivity index is 1.94. The largest absolute Gasteiger partial charge is 0.501 e. The number of methoxy groups -OCH3 is 2. The van der Waals surface area contributed by atoms with Crippen LogP contribution in [0.4, 0.5) is 0 Å². The standard InChI is InChI=1S/C38H49BrN4O20S/c1-22(44)56-21-33-34(57-23(2)45)35(58-24(3)46)36(59-25(4)47)38(61-33)60-29-8-7-26(37(48)41-9-11-53-13-15-55-16-14-54-12-10-42-43-40)17-32(29)63-64(49,50)62-27-18-30(51-5)28(20-39)31(19-27)52-6/h7-8,17-19,33-36,38H,9-16,20-21H2,1-6H3,(H,41,48)/t33-,34+,35+,36-,38?/m1/s1. The average Bonchev–Trinajstić information content (AvgIpc) is 3.23. The lowest BCUT2D eigenvalue weighted by molar-refractivity contribution is -0.288. The minimum absolute atomic E-state index is 0.00993. The molecular formula is C38H49BrN4O20S. The molecule has 1 amide bonds. The first-order valence-corrected chi connectivity index (χ1v) is 21.6. The second kappa shape index (κ2) is 26.9. The third kappa shape index (κ3) is 17.5. The van der Waals surface area contributed by atoms with Gasteiger partial charge in [0, 0.05) is 74.3 Å². The number of nitrogens with zero attached hydrogens (tertiary/aromatic N) is 3. The zero-order valence-corrected chi connectivity index (χ0v) is 38.0. The predicted molar refractivity (Wildman–Crippen MR) is 220 cm³/mol. The van der Waals surface area contributed by atoms with Crippen molar-refractivity contribution in [3.63, 3.8) is 0 Å². The molecule has 0 aromatic heterocycles. The number of alkyl halides is 1. The molecule has 1 aliphatic rings. The minimum Gasteiger partial charge on any atom is -0.496 e. The van der Waals surface area contributed by atoms with Gasteiger partial charge < -0.3 is 65.8 Å². The Labute approximate surface area is 376 Å². The van der Waals surface area contributed by atoms with Crippen molar-refractivity contribution in [1.29, 1.82) is 0 Å². The fourth-order valence-corrected chi connectivity index (χ4v) is 6.90. The normalized spacial score (nSPS) is 18.0. The van der Waals surface area contributed by atoms with Crippen LogP contribution in [0, 0.1) is 0 Å². The zero-order valence-electron chi connectivity index (χ0n) is 35.6. The number of benzene rings is 2. The van der Waals surface area contributed by atoms with E-state index in [4.69, 9.17) is 66.0 Å². The van der Waals surface area contributed by atoms with Gasteiger partial charge in [0.15, 0.2) is 29.5 Å². The van der Waals surface area contributed by atoms with Gasteiger partial charge in [-0.1, -0.05) is 21.0 Å². The summed E-state index contributed by atoms with van der Waals surface area (Å²) in [5.74, 6) is -5.20. The van der Waals surface area contributed by atoms with Crippen LogP contribution in [0.2, 0.25) is 0 Å². The van der Waals surface area contributed by atoms with Crippen molar-refractivity contribution in [3.05, 3.63) is 51.9 Å².